The number of amides is 1. The summed E-state index contributed by atoms with van der Waals surface area (Å²) >= 11 is 1.69. The Morgan fingerprint density at radius 3 is 2.57 bits per heavy atom. The molecule has 3 rings (SSSR count). The highest BCUT2D eigenvalue weighted by Crippen LogP contribution is 2.40. The molecule has 3 nitrogen and oxygen atoms in total. The number of anilines is 1. The van der Waals surface area contributed by atoms with E-state index in [-0.39, 0.29) is 11.2 Å². The first-order valence-electron chi connectivity index (χ1n) is 7.93. The van der Waals surface area contributed by atoms with Crippen LogP contribution in [-0.2, 0) is 11.2 Å². The number of aliphatic hydroxyl groups excluding tert-OH is 1. The van der Waals surface area contributed by atoms with Gasteiger partial charge in [0.15, 0.2) is 0 Å². The Bertz CT molecular complexity index is 672. The van der Waals surface area contributed by atoms with Crippen molar-refractivity contribution in [2.24, 2.45) is 5.92 Å². The quantitative estimate of drug-likeness (QED) is 0.899. The van der Waals surface area contributed by atoms with E-state index in [9.17, 15) is 9.90 Å². The van der Waals surface area contributed by atoms with Gasteiger partial charge in [0.1, 0.15) is 0 Å². The normalized spacial score (nSPS) is 21.9. The van der Waals surface area contributed by atoms with Crippen LogP contribution < -0.4 is 5.32 Å². The number of hydrogen-bond donors (Lipinski definition) is 2. The second kappa shape index (κ2) is 7.20. The molecule has 2 aromatic carbocycles. The number of carbonyl (C=O) groups is 1. The highest BCUT2D eigenvalue weighted by Gasteiger charge is 2.36. The van der Waals surface area contributed by atoms with Gasteiger partial charge in [-0.1, -0.05) is 42.5 Å². The van der Waals surface area contributed by atoms with Crippen molar-refractivity contribution < 1.29 is 9.90 Å². The molecule has 0 bridgehead atoms. The first-order valence-corrected chi connectivity index (χ1v) is 8.81. The second-order valence-electron chi connectivity index (χ2n) is 5.93. The van der Waals surface area contributed by atoms with Crippen LogP contribution in [0.1, 0.15) is 18.9 Å². The maximum Gasteiger partial charge on any atom is 0.231 e. The first-order chi connectivity index (χ1) is 11.1. The molecule has 3 atom stereocenters. The summed E-state index contributed by atoms with van der Waals surface area (Å²) in [6, 6.07) is 18.1. The largest absolute Gasteiger partial charge is 0.393 e. The van der Waals surface area contributed by atoms with Gasteiger partial charge in [0.25, 0.3) is 0 Å². The standard InChI is InChI=1S/C19H21NO2S/c1-13(21)18-17(12-11-14-7-3-2-4-8-14)23-16-10-6-5-9-15(16)20-19(18)22/h2-10,13,17-18,21H,11-12H2,1H3,(H,20,22)/t13-,17-,18+/m1/s1. The number of thioether (sulfide) groups is 1. The van der Waals surface area contributed by atoms with Crippen LogP contribution >= 0.6 is 11.8 Å². The van der Waals surface area contributed by atoms with Gasteiger partial charge < -0.3 is 10.4 Å². The highest BCUT2D eigenvalue weighted by atomic mass is 32.2. The van der Waals surface area contributed by atoms with Gasteiger partial charge in [0, 0.05) is 10.1 Å². The number of benzene rings is 2. The van der Waals surface area contributed by atoms with Crippen LogP contribution in [0.15, 0.2) is 59.5 Å². The average molecular weight is 327 g/mol. The monoisotopic (exact) mass is 327 g/mol. The average Bonchev–Trinajstić information content (AvgIpc) is 2.69. The van der Waals surface area contributed by atoms with Crippen LogP contribution in [0.4, 0.5) is 5.69 Å². The molecule has 23 heavy (non-hydrogen) atoms. The Kier molecular flexibility index (Phi) is 5.03. The lowest BCUT2D eigenvalue weighted by Crippen LogP contribution is -2.37. The molecule has 0 radical (unpaired) electrons. The maximum absolute atomic E-state index is 12.6. The third-order valence-electron chi connectivity index (χ3n) is 4.21. The molecule has 120 valence electrons. The summed E-state index contributed by atoms with van der Waals surface area (Å²) in [4.78, 5) is 13.6. The number of fused-ring (bicyclic) bond motifs is 1. The molecular weight excluding hydrogens is 306 g/mol. The van der Waals surface area contributed by atoms with Gasteiger partial charge in [-0.15, -0.1) is 11.8 Å². The summed E-state index contributed by atoms with van der Waals surface area (Å²) in [6.07, 6.45) is 1.08. The Morgan fingerprint density at radius 1 is 1.13 bits per heavy atom. The van der Waals surface area contributed by atoms with Crippen LogP contribution in [0.3, 0.4) is 0 Å². The number of aryl methyl sites for hydroxylation is 1. The summed E-state index contributed by atoms with van der Waals surface area (Å²) in [7, 11) is 0. The van der Waals surface area contributed by atoms with E-state index >= 15 is 0 Å². The minimum Gasteiger partial charge on any atom is -0.393 e. The lowest BCUT2D eigenvalue weighted by molar-refractivity contribution is -0.122. The summed E-state index contributed by atoms with van der Waals surface area (Å²) in [6.45, 7) is 1.70. The van der Waals surface area contributed by atoms with E-state index in [0.29, 0.717) is 0 Å². The lowest BCUT2D eigenvalue weighted by atomic mass is 9.93. The number of rotatable bonds is 4. The third kappa shape index (κ3) is 3.77. The zero-order valence-electron chi connectivity index (χ0n) is 13.1. The molecule has 0 spiro atoms. The fourth-order valence-electron chi connectivity index (χ4n) is 3.02. The van der Waals surface area contributed by atoms with Crippen LogP contribution in [0.5, 0.6) is 0 Å². The van der Waals surface area contributed by atoms with Crippen molar-refractivity contribution in [2.45, 2.75) is 36.0 Å². The fourth-order valence-corrected chi connectivity index (χ4v) is 4.48. The summed E-state index contributed by atoms with van der Waals surface area (Å²) < 4.78 is 0. The minimum atomic E-state index is -0.669. The van der Waals surface area contributed by atoms with Gasteiger partial charge in [-0.3, -0.25) is 4.79 Å². The number of nitrogens with one attached hydrogen (secondary N) is 1. The van der Waals surface area contributed by atoms with Gasteiger partial charge >= 0.3 is 0 Å². The highest BCUT2D eigenvalue weighted by molar-refractivity contribution is 8.00. The topological polar surface area (TPSA) is 49.3 Å². The van der Waals surface area contributed by atoms with Crippen LogP contribution in [0.25, 0.3) is 0 Å². The van der Waals surface area contributed by atoms with E-state index < -0.39 is 12.0 Å². The maximum atomic E-state index is 12.6. The van der Waals surface area contributed by atoms with Gasteiger partial charge in [-0.05, 0) is 37.5 Å². The first kappa shape index (κ1) is 16.1. The molecule has 2 N–H and O–H groups in total. The molecule has 0 saturated carbocycles. The predicted molar refractivity (Wildman–Crippen MR) is 94.7 cm³/mol. The number of carbonyl (C=O) groups excluding carboxylic acids is 1. The van der Waals surface area contributed by atoms with Gasteiger partial charge in [0.05, 0.1) is 17.7 Å². The van der Waals surface area contributed by atoms with E-state index in [1.54, 1.807) is 18.7 Å². The van der Waals surface area contributed by atoms with E-state index in [4.69, 9.17) is 0 Å². The molecule has 1 aliphatic rings. The van der Waals surface area contributed by atoms with Crippen molar-refractivity contribution in [1.29, 1.82) is 0 Å². The van der Waals surface area contributed by atoms with Crippen molar-refractivity contribution >= 4 is 23.4 Å². The van der Waals surface area contributed by atoms with Crippen LogP contribution in [0.2, 0.25) is 0 Å². The molecule has 2 aromatic rings. The molecule has 1 heterocycles. The summed E-state index contributed by atoms with van der Waals surface area (Å²) in [5.41, 5.74) is 2.10. The Labute approximate surface area is 141 Å². The molecule has 1 amide bonds. The molecule has 1 aliphatic heterocycles. The molecule has 0 saturated heterocycles. The van der Waals surface area contributed by atoms with Crippen molar-refractivity contribution in [3.63, 3.8) is 0 Å². The van der Waals surface area contributed by atoms with Crippen LogP contribution in [-0.4, -0.2) is 22.4 Å². The van der Waals surface area contributed by atoms with Gasteiger partial charge in [0.2, 0.25) is 5.91 Å². The van der Waals surface area contributed by atoms with E-state index in [0.717, 1.165) is 23.4 Å². The van der Waals surface area contributed by atoms with Gasteiger partial charge in [-0.25, -0.2) is 0 Å². The Hall–Kier alpha value is -1.78. The number of hydrogen-bond acceptors (Lipinski definition) is 3. The van der Waals surface area contributed by atoms with Crippen LogP contribution in [0, 0.1) is 5.92 Å². The minimum absolute atomic E-state index is 0.0545. The van der Waals surface area contributed by atoms with E-state index in [1.807, 2.05) is 42.5 Å². The van der Waals surface area contributed by atoms with Crippen molar-refractivity contribution in [3.05, 3.63) is 60.2 Å². The smallest absolute Gasteiger partial charge is 0.231 e. The molecule has 0 aliphatic carbocycles. The van der Waals surface area contributed by atoms with Crippen molar-refractivity contribution in [2.75, 3.05) is 5.32 Å². The zero-order valence-corrected chi connectivity index (χ0v) is 13.9. The fraction of sp³-hybridized carbons (Fsp3) is 0.316. The predicted octanol–water partition coefficient (Wildman–Crippen LogP) is 3.73. The third-order valence-corrected chi connectivity index (χ3v) is 5.65. The Morgan fingerprint density at radius 2 is 1.83 bits per heavy atom. The number of aliphatic hydroxyl groups is 1. The van der Waals surface area contributed by atoms with E-state index in [1.165, 1.54) is 5.56 Å². The molecule has 0 fully saturated rings. The SMILES string of the molecule is C[C@@H](O)[C@@H]1C(=O)Nc2ccccc2S[C@@H]1CCc1ccccc1. The van der Waals surface area contributed by atoms with Crippen molar-refractivity contribution in [3.8, 4) is 0 Å². The molecule has 0 unspecified atom stereocenters. The van der Waals surface area contributed by atoms with Gasteiger partial charge in [-0.2, -0.15) is 0 Å². The second-order valence-corrected chi connectivity index (χ2v) is 7.21. The molecule has 4 heteroatoms. The lowest BCUT2D eigenvalue weighted by Gasteiger charge is -2.25. The Balaban J connectivity index is 1.83. The molecular formula is C19H21NO2S. The summed E-state index contributed by atoms with van der Waals surface area (Å²) in [5, 5.41) is 13.2. The molecule has 0 aromatic heterocycles. The number of para-hydroxylation sites is 1. The van der Waals surface area contributed by atoms with E-state index in [2.05, 4.69) is 17.4 Å². The summed E-state index contributed by atoms with van der Waals surface area (Å²) in [5.74, 6) is -0.494. The zero-order chi connectivity index (χ0) is 16.2. The van der Waals surface area contributed by atoms with Crippen molar-refractivity contribution in [1.82, 2.24) is 0 Å².